The molecule has 0 aliphatic carbocycles. The van der Waals surface area contributed by atoms with E-state index in [1.165, 1.54) is 10.7 Å². The van der Waals surface area contributed by atoms with Crippen molar-refractivity contribution in [3.05, 3.63) is 76.3 Å². The van der Waals surface area contributed by atoms with Crippen LogP contribution in [-0.4, -0.2) is 30.9 Å². The minimum atomic E-state index is -4.67. The van der Waals surface area contributed by atoms with Crippen molar-refractivity contribution in [2.75, 3.05) is 0 Å². The van der Waals surface area contributed by atoms with E-state index >= 15 is 0 Å². The number of carbonyl (C=O) groups is 1. The maximum absolute atomic E-state index is 13.1. The van der Waals surface area contributed by atoms with Gasteiger partial charge in [-0.3, -0.25) is 4.79 Å². The molecule has 2 heterocycles. The molecule has 1 aromatic carbocycles. The van der Waals surface area contributed by atoms with E-state index in [-0.39, 0.29) is 5.56 Å². The Morgan fingerprint density at radius 3 is 2.74 bits per heavy atom. The second-order valence-corrected chi connectivity index (χ2v) is 7.06. The zero-order chi connectivity index (χ0) is 22.8. The largest absolute Gasteiger partial charge is 0.417 e. The molecule has 1 amide bonds. The van der Waals surface area contributed by atoms with Crippen LogP contribution in [0.2, 0.25) is 5.02 Å². The molecule has 162 valence electrons. The number of carbonyl (C=O) groups excluding carboxylic acids is 1. The highest BCUT2D eigenvalue weighted by Gasteiger charge is 2.35. The number of nitrogens with zero attached hydrogens (tertiary/aromatic N) is 5. The van der Waals surface area contributed by atoms with Gasteiger partial charge in [0.05, 0.1) is 27.9 Å². The number of amides is 1. The van der Waals surface area contributed by atoms with Crippen LogP contribution in [0.3, 0.4) is 0 Å². The van der Waals surface area contributed by atoms with Crippen molar-refractivity contribution in [2.24, 2.45) is 0 Å². The number of aromatic nitrogens is 5. The zero-order valence-corrected chi connectivity index (χ0v) is 17.4. The Morgan fingerprint density at radius 2 is 2.10 bits per heavy atom. The van der Waals surface area contributed by atoms with Crippen molar-refractivity contribution in [2.45, 2.75) is 32.5 Å². The fourth-order valence-corrected chi connectivity index (χ4v) is 3.26. The molecular formula is C20H18ClF3N6O. The molecule has 0 bridgehead atoms. The van der Waals surface area contributed by atoms with Crippen molar-refractivity contribution in [1.29, 1.82) is 0 Å². The molecule has 1 unspecified atom stereocenters. The minimum Gasteiger partial charge on any atom is -0.344 e. The summed E-state index contributed by atoms with van der Waals surface area (Å²) in [6.45, 7) is 7.16. The lowest BCUT2D eigenvalue weighted by Gasteiger charge is -2.16. The average Bonchev–Trinajstić information content (AvgIpc) is 3.11. The molecule has 3 aromatic rings. The van der Waals surface area contributed by atoms with Gasteiger partial charge < -0.3 is 5.32 Å². The Bertz CT molecular complexity index is 1130. The quantitative estimate of drug-likeness (QED) is 0.567. The summed E-state index contributed by atoms with van der Waals surface area (Å²) in [5.41, 5.74) is 0.351. The van der Waals surface area contributed by atoms with Crippen molar-refractivity contribution >= 4 is 17.5 Å². The summed E-state index contributed by atoms with van der Waals surface area (Å²) in [6.07, 6.45) is -1.11. The van der Waals surface area contributed by atoms with Crippen LogP contribution in [-0.2, 0) is 12.6 Å². The molecule has 2 aromatic heterocycles. The Labute approximate surface area is 181 Å². The maximum Gasteiger partial charge on any atom is 0.417 e. The second-order valence-electron chi connectivity index (χ2n) is 6.68. The third kappa shape index (κ3) is 4.74. The molecule has 0 fully saturated rings. The van der Waals surface area contributed by atoms with Crippen molar-refractivity contribution in [1.82, 2.24) is 30.3 Å². The second kappa shape index (κ2) is 8.84. The first-order valence-electron chi connectivity index (χ1n) is 9.15. The van der Waals surface area contributed by atoms with Crippen LogP contribution in [0.25, 0.3) is 5.95 Å². The number of nitrogens with one attached hydrogen (secondary N) is 1. The lowest BCUT2D eigenvalue weighted by molar-refractivity contribution is -0.137. The van der Waals surface area contributed by atoms with E-state index < -0.39 is 28.7 Å². The van der Waals surface area contributed by atoms with Crippen molar-refractivity contribution < 1.29 is 18.0 Å². The van der Waals surface area contributed by atoms with Gasteiger partial charge in [0.15, 0.2) is 0 Å². The molecule has 3 rings (SSSR count). The first kappa shape index (κ1) is 22.4. The standard InChI is InChI=1S/C20H18ClF3N6O/c1-4-6-15-17(28-29-30(15)19-25-10-9-11(2)26-19)12(3)27-18(31)13-7-5-8-14(16(13)21)20(22,23)24/h4-5,7-10,12H,1,6H2,2-3H3,(H,27,31). The van der Waals surface area contributed by atoms with E-state index in [9.17, 15) is 18.0 Å². The van der Waals surface area contributed by atoms with E-state index in [2.05, 4.69) is 32.2 Å². The predicted molar refractivity (Wildman–Crippen MR) is 108 cm³/mol. The Kier molecular flexibility index (Phi) is 6.40. The summed E-state index contributed by atoms with van der Waals surface area (Å²) < 4.78 is 40.7. The smallest absolute Gasteiger partial charge is 0.344 e. The number of halogens is 4. The van der Waals surface area contributed by atoms with Crippen LogP contribution in [0, 0.1) is 6.92 Å². The summed E-state index contributed by atoms with van der Waals surface area (Å²) in [5.74, 6) is -0.468. The van der Waals surface area contributed by atoms with E-state index in [4.69, 9.17) is 11.6 Å². The van der Waals surface area contributed by atoms with Gasteiger partial charge in [-0.05, 0) is 32.0 Å². The van der Waals surface area contributed by atoms with Gasteiger partial charge in [-0.2, -0.15) is 17.9 Å². The fourth-order valence-electron chi connectivity index (χ4n) is 2.94. The monoisotopic (exact) mass is 450 g/mol. The molecule has 7 nitrogen and oxygen atoms in total. The highest BCUT2D eigenvalue weighted by atomic mass is 35.5. The van der Waals surface area contributed by atoms with Gasteiger partial charge in [0.25, 0.3) is 11.9 Å². The molecular weight excluding hydrogens is 433 g/mol. The third-order valence-electron chi connectivity index (χ3n) is 4.41. The van der Waals surface area contributed by atoms with E-state index in [0.717, 1.165) is 17.8 Å². The summed E-state index contributed by atoms with van der Waals surface area (Å²) >= 11 is 5.86. The van der Waals surface area contributed by atoms with E-state index in [1.54, 1.807) is 32.2 Å². The molecule has 0 saturated carbocycles. The summed E-state index contributed by atoms with van der Waals surface area (Å²) in [4.78, 5) is 21.2. The SMILES string of the molecule is C=CCc1c(C(C)NC(=O)c2cccc(C(F)(F)F)c2Cl)nnn1-c1nccc(C)n1. The van der Waals surface area contributed by atoms with Crippen molar-refractivity contribution in [3.8, 4) is 5.95 Å². The molecule has 0 aliphatic rings. The van der Waals surface area contributed by atoms with Gasteiger partial charge in [-0.25, -0.2) is 9.97 Å². The van der Waals surface area contributed by atoms with Crippen LogP contribution in [0.1, 0.15) is 46.0 Å². The molecule has 0 spiro atoms. The minimum absolute atomic E-state index is 0.289. The Balaban J connectivity index is 1.91. The van der Waals surface area contributed by atoms with Gasteiger partial charge in [0.2, 0.25) is 0 Å². The van der Waals surface area contributed by atoms with Gasteiger partial charge in [-0.15, -0.1) is 11.7 Å². The fraction of sp³-hybridized carbons (Fsp3) is 0.250. The Hall–Kier alpha value is -3.27. The van der Waals surface area contributed by atoms with E-state index in [0.29, 0.717) is 23.8 Å². The average molecular weight is 451 g/mol. The zero-order valence-electron chi connectivity index (χ0n) is 16.6. The maximum atomic E-state index is 13.1. The van der Waals surface area contributed by atoms with Gasteiger partial charge in [0, 0.05) is 18.3 Å². The number of allylic oxidation sites excluding steroid dienone is 1. The molecule has 1 atom stereocenters. The predicted octanol–water partition coefficient (Wildman–Crippen LogP) is 4.26. The van der Waals surface area contributed by atoms with Gasteiger partial charge in [0.1, 0.15) is 5.69 Å². The molecule has 0 aliphatic heterocycles. The summed E-state index contributed by atoms with van der Waals surface area (Å²) in [7, 11) is 0. The first-order chi connectivity index (χ1) is 14.6. The van der Waals surface area contributed by atoms with Crippen LogP contribution >= 0.6 is 11.6 Å². The lowest BCUT2D eigenvalue weighted by Crippen LogP contribution is -2.28. The molecule has 1 N–H and O–H groups in total. The number of hydrogen-bond donors (Lipinski definition) is 1. The van der Waals surface area contributed by atoms with Crippen LogP contribution in [0.15, 0.2) is 43.1 Å². The molecule has 31 heavy (non-hydrogen) atoms. The highest BCUT2D eigenvalue weighted by Crippen LogP contribution is 2.36. The number of alkyl halides is 3. The van der Waals surface area contributed by atoms with Crippen LogP contribution in [0.4, 0.5) is 13.2 Å². The number of rotatable bonds is 6. The first-order valence-corrected chi connectivity index (χ1v) is 9.53. The van der Waals surface area contributed by atoms with Gasteiger partial charge in [-0.1, -0.05) is 29.0 Å². The number of hydrogen-bond acceptors (Lipinski definition) is 5. The molecule has 0 saturated heterocycles. The third-order valence-corrected chi connectivity index (χ3v) is 4.82. The topological polar surface area (TPSA) is 85.6 Å². The van der Waals surface area contributed by atoms with Crippen molar-refractivity contribution in [3.63, 3.8) is 0 Å². The summed E-state index contributed by atoms with van der Waals surface area (Å²) in [6, 6.07) is 4.21. The highest BCUT2D eigenvalue weighted by molar-refractivity contribution is 6.34. The summed E-state index contributed by atoms with van der Waals surface area (Å²) in [5, 5.41) is 10.2. The number of aryl methyl sites for hydroxylation is 1. The van der Waals surface area contributed by atoms with Crippen LogP contribution in [0.5, 0.6) is 0 Å². The number of benzene rings is 1. The van der Waals surface area contributed by atoms with Crippen LogP contribution < -0.4 is 5.32 Å². The lowest BCUT2D eigenvalue weighted by atomic mass is 10.1. The normalized spacial score (nSPS) is 12.5. The Morgan fingerprint density at radius 1 is 1.35 bits per heavy atom. The molecule has 0 radical (unpaired) electrons. The molecule has 11 heteroatoms. The van der Waals surface area contributed by atoms with Gasteiger partial charge >= 0.3 is 6.18 Å². The van der Waals surface area contributed by atoms with E-state index in [1.807, 2.05) is 0 Å².